The number of fused-ring (bicyclic) bond motifs is 1. The number of hydrogen-bond acceptors (Lipinski definition) is 2. The van der Waals surface area contributed by atoms with Gasteiger partial charge in [0, 0.05) is 0 Å². The van der Waals surface area contributed by atoms with E-state index in [2.05, 4.69) is 15.9 Å². The van der Waals surface area contributed by atoms with Gasteiger partial charge in [0.15, 0.2) is 6.61 Å². The van der Waals surface area contributed by atoms with Crippen molar-refractivity contribution in [3.8, 4) is 5.75 Å². The van der Waals surface area contributed by atoms with Crippen LogP contribution >= 0.6 is 15.9 Å². The molecule has 11 heavy (non-hydrogen) atoms. The first-order valence-corrected chi connectivity index (χ1v) is 4.03. The summed E-state index contributed by atoms with van der Waals surface area (Å²) in [5.41, 5.74) is 0.680. The predicted molar refractivity (Wildman–Crippen MR) is 44.0 cm³/mol. The minimum Gasteiger partial charge on any atom is -0.483 e. The third-order valence-corrected chi connectivity index (χ3v) is 2.24. The van der Waals surface area contributed by atoms with Crippen molar-refractivity contribution >= 4 is 21.7 Å². The lowest BCUT2D eigenvalue weighted by molar-refractivity contribution is 0.0961. The molecule has 0 amide bonds. The van der Waals surface area contributed by atoms with Gasteiger partial charge < -0.3 is 4.74 Å². The largest absolute Gasteiger partial charge is 0.483 e. The van der Waals surface area contributed by atoms with Gasteiger partial charge in [0.25, 0.3) is 0 Å². The molecule has 1 aliphatic heterocycles. The molecule has 1 aliphatic rings. The van der Waals surface area contributed by atoms with E-state index in [0.717, 1.165) is 4.47 Å². The van der Waals surface area contributed by atoms with Crippen LogP contribution in [0.15, 0.2) is 22.7 Å². The molecule has 0 saturated carbocycles. The highest BCUT2D eigenvalue weighted by atomic mass is 79.9. The molecule has 1 heterocycles. The van der Waals surface area contributed by atoms with Crippen molar-refractivity contribution < 1.29 is 9.53 Å². The van der Waals surface area contributed by atoms with Crippen LogP contribution in [0.4, 0.5) is 0 Å². The molecule has 0 saturated heterocycles. The monoisotopic (exact) mass is 212 g/mol. The van der Waals surface area contributed by atoms with E-state index in [-0.39, 0.29) is 12.4 Å². The second kappa shape index (κ2) is 2.34. The zero-order valence-electron chi connectivity index (χ0n) is 5.63. The molecule has 0 aromatic heterocycles. The van der Waals surface area contributed by atoms with Crippen molar-refractivity contribution in [1.29, 1.82) is 0 Å². The Bertz CT molecular complexity index is 320. The molecule has 2 rings (SSSR count). The van der Waals surface area contributed by atoms with E-state index in [4.69, 9.17) is 4.74 Å². The average Bonchev–Trinajstić information content (AvgIpc) is 2.35. The molecular weight excluding hydrogens is 208 g/mol. The molecule has 0 radical (unpaired) electrons. The summed E-state index contributed by atoms with van der Waals surface area (Å²) in [4.78, 5) is 11.1. The molecule has 0 spiro atoms. The second-order valence-corrected chi connectivity index (χ2v) is 3.18. The summed E-state index contributed by atoms with van der Waals surface area (Å²) in [7, 11) is 0. The topological polar surface area (TPSA) is 26.3 Å². The molecule has 0 N–H and O–H groups in total. The smallest absolute Gasteiger partial charge is 0.203 e. The molecule has 0 fully saturated rings. The summed E-state index contributed by atoms with van der Waals surface area (Å²) in [5.74, 6) is 0.735. The summed E-state index contributed by atoms with van der Waals surface area (Å²) < 4.78 is 5.99. The van der Waals surface area contributed by atoms with Gasteiger partial charge in [0.05, 0.1) is 10.0 Å². The quantitative estimate of drug-likeness (QED) is 0.658. The molecule has 0 aliphatic carbocycles. The minimum absolute atomic E-state index is 0.0568. The number of rotatable bonds is 0. The molecule has 0 unspecified atom stereocenters. The van der Waals surface area contributed by atoms with Gasteiger partial charge in [0.2, 0.25) is 5.78 Å². The molecule has 0 atom stereocenters. The van der Waals surface area contributed by atoms with Gasteiger partial charge in [-0.2, -0.15) is 0 Å². The van der Waals surface area contributed by atoms with Crippen LogP contribution in [0.1, 0.15) is 10.4 Å². The number of halogens is 1. The fraction of sp³-hybridized carbons (Fsp3) is 0.125. The Balaban J connectivity index is 2.66. The molecule has 56 valence electrons. The first-order chi connectivity index (χ1) is 5.29. The van der Waals surface area contributed by atoms with Crippen LogP contribution in [0.2, 0.25) is 0 Å². The summed E-state index contributed by atoms with van der Waals surface area (Å²) in [6.45, 7) is 0.179. The van der Waals surface area contributed by atoms with Gasteiger partial charge in [-0.05, 0) is 28.1 Å². The standard InChI is InChI=1S/C8H5BrO2/c9-6-3-1-2-5-7(10)4-11-8(5)6/h1-3H,4H2. The van der Waals surface area contributed by atoms with Gasteiger partial charge in [0.1, 0.15) is 5.75 Å². The summed E-state index contributed by atoms with van der Waals surface area (Å²) >= 11 is 3.30. The first kappa shape index (κ1) is 6.85. The molecule has 1 aromatic carbocycles. The SMILES string of the molecule is O=C1COc2c(Br)cccc21. The molecule has 0 bridgehead atoms. The summed E-state index contributed by atoms with van der Waals surface area (Å²) in [5, 5.41) is 0. The number of para-hydroxylation sites is 1. The highest BCUT2D eigenvalue weighted by molar-refractivity contribution is 9.10. The van der Waals surface area contributed by atoms with Crippen molar-refractivity contribution in [3.63, 3.8) is 0 Å². The summed E-state index contributed by atoms with van der Waals surface area (Å²) in [6, 6.07) is 5.46. The zero-order chi connectivity index (χ0) is 7.84. The Morgan fingerprint density at radius 2 is 2.27 bits per heavy atom. The van der Waals surface area contributed by atoms with Crippen molar-refractivity contribution in [2.75, 3.05) is 6.61 Å². The maximum absolute atomic E-state index is 11.1. The number of carbonyl (C=O) groups excluding carboxylic acids is 1. The van der Waals surface area contributed by atoms with Crippen LogP contribution in [-0.4, -0.2) is 12.4 Å². The Morgan fingerprint density at radius 3 is 3.00 bits per heavy atom. The molecule has 3 heteroatoms. The summed E-state index contributed by atoms with van der Waals surface area (Å²) in [6.07, 6.45) is 0. The Morgan fingerprint density at radius 1 is 1.45 bits per heavy atom. The zero-order valence-corrected chi connectivity index (χ0v) is 7.22. The van der Waals surface area contributed by atoms with Crippen LogP contribution in [0.3, 0.4) is 0 Å². The number of ketones is 1. The lowest BCUT2D eigenvalue weighted by Gasteiger charge is -1.97. The number of Topliss-reactive ketones (excluding diaryl/α,β-unsaturated/α-hetero) is 1. The number of carbonyl (C=O) groups is 1. The van der Waals surface area contributed by atoms with Crippen LogP contribution in [-0.2, 0) is 0 Å². The van der Waals surface area contributed by atoms with Crippen LogP contribution in [0, 0.1) is 0 Å². The van der Waals surface area contributed by atoms with Gasteiger partial charge >= 0.3 is 0 Å². The Hall–Kier alpha value is -0.830. The minimum atomic E-state index is 0.0568. The fourth-order valence-electron chi connectivity index (χ4n) is 1.09. The molecular formula is C8H5BrO2. The number of ether oxygens (including phenoxy) is 1. The second-order valence-electron chi connectivity index (χ2n) is 2.33. The van der Waals surface area contributed by atoms with E-state index in [0.29, 0.717) is 11.3 Å². The maximum atomic E-state index is 11.1. The molecule has 2 nitrogen and oxygen atoms in total. The normalized spacial score (nSPS) is 14.5. The van der Waals surface area contributed by atoms with E-state index >= 15 is 0 Å². The lowest BCUT2D eigenvalue weighted by Crippen LogP contribution is -1.98. The third-order valence-electron chi connectivity index (χ3n) is 1.61. The lowest BCUT2D eigenvalue weighted by atomic mass is 10.2. The van der Waals surface area contributed by atoms with E-state index < -0.39 is 0 Å². The number of benzene rings is 1. The van der Waals surface area contributed by atoms with Crippen LogP contribution in [0.5, 0.6) is 5.75 Å². The third kappa shape index (κ3) is 0.959. The Labute approximate surface area is 72.3 Å². The molecule has 1 aromatic rings. The van der Waals surface area contributed by atoms with Gasteiger partial charge in [-0.15, -0.1) is 0 Å². The van der Waals surface area contributed by atoms with E-state index in [9.17, 15) is 4.79 Å². The van der Waals surface area contributed by atoms with E-state index in [1.165, 1.54) is 0 Å². The van der Waals surface area contributed by atoms with E-state index in [1.54, 1.807) is 6.07 Å². The van der Waals surface area contributed by atoms with Crippen molar-refractivity contribution in [3.05, 3.63) is 28.2 Å². The van der Waals surface area contributed by atoms with Gasteiger partial charge in [-0.25, -0.2) is 0 Å². The van der Waals surface area contributed by atoms with Gasteiger partial charge in [-0.1, -0.05) is 6.07 Å². The van der Waals surface area contributed by atoms with Crippen LogP contribution in [0.25, 0.3) is 0 Å². The fourth-order valence-corrected chi connectivity index (χ4v) is 1.57. The number of hydrogen-bond donors (Lipinski definition) is 0. The average molecular weight is 213 g/mol. The highest BCUT2D eigenvalue weighted by Gasteiger charge is 2.22. The van der Waals surface area contributed by atoms with Crippen molar-refractivity contribution in [2.45, 2.75) is 0 Å². The van der Waals surface area contributed by atoms with Crippen LogP contribution < -0.4 is 4.74 Å². The predicted octanol–water partition coefficient (Wildman–Crippen LogP) is 2.02. The Kier molecular flexibility index (Phi) is 1.46. The van der Waals surface area contributed by atoms with Crippen molar-refractivity contribution in [1.82, 2.24) is 0 Å². The maximum Gasteiger partial charge on any atom is 0.203 e. The first-order valence-electron chi connectivity index (χ1n) is 3.23. The van der Waals surface area contributed by atoms with Crippen molar-refractivity contribution in [2.24, 2.45) is 0 Å². The highest BCUT2D eigenvalue weighted by Crippen LogP contribution is 2.32. The van der Waals surface area contributed by atoms with Gasteiger partial charge in [-0.3, -0.25) is 4.79 Å². The van der Waals surface area contributed by atoms with E-state index in [1.807, 2.05) is 12.1 Å².